The fourth-order valence-corrected chi connectivity index (χ4v) is 4.50. The molecule has 0 atom stereocenters. The van der Waals surface area contributed by atoms with Crippen LogP contribution in [0.1, 0.15) is 65.6 Å². The van der Waals surface area contributed by atoms with E-state index in [4.69, 9.17) is 4.98 Å². The minimum atomic E-state index is -1.47. The van der Waals surface area contributed by atoms with Gasteiger partial charge in [-0.05, 0) is 52.5 Å². The van der Waals surface area contributed by atoms with E-state index >= 15 is 4.39 Å². The summed E-state index contributed by atoms with van der Waals surface area (Å²) in [6.45, 7) is 5.47. The van der Waals surface area contributed by atoms with Gasteiger partial charge in [0.2, 0.25) is 0 Å². The fourth-order valence-electron chi connectivity index (χ4n) is 4.50. The molecule has 0 radical (unpaired) electrons. The Balaban J connectivity index is 1.44. The zero-order valence-electron chi connectivity index (χ0n) is 17.1. The van der Waals surface area contributed by atoms with E-state index in [1.54, 1.807) is 17.7 Å². The van der Waals surface area contributed by atoms with Gasteiger partial charge in [0.25, 0.3) is 0 Å². The third-order valence-electron chi connectivity index (χ3n) is 5.95. The van der Waals surface area contributed by atoms with E-state index < -0.39 is 5.67 Å². The first-order valence-corrected chi connectivity index (χ1v) is 10.0. The van der Waals surface area contributed by atoms with Crippen molar-refractivity contribution in [2.75, 3.05) is 0 Å². The van der Waals surface area contributed by atoms with E-state index in [-0.39, 0.29) is 5.92 Å². The van der Waals surface area contributed by atoms with Gasteiger partial charge in [-0.3, -0.25) is 0 Å². The van der Waals surface area contributed by atoms with E-state index in [2.05, 4.69) is 36.8 Å². The number of alkyl halides is 1. The van der Waals surface area contributed by atoms with Crippen molar-refractivity contribution in [2.24, 2.45) is 7.05 Å². The quantitative estimate of drug-likeness (QED) is 0.682. The lowest BCUT2D eigenvalue weighted by Crippen LogP contribution is -2.38. The van der Waals surface area contributed by atoms with Gasteiger partial charge in [0.15, 0.2) is 11.5 Å². The molecule has 1 saturated carbocycles. The summed E-state index contributed by atoms with van der Waals surface area (Å²) >= 11 is 0. The van der Waals surface area contributed by atoms with Gasteiger partial charge in [-0.2, -0.15) is 4.68 Å². The highest BCUT2D eigenvalue weighted by atomic mass is 19.1. The lowest BCUT2D eigenvalue weighted by atomic mass is 9.70. The molecular formula is C21H24FN7. The van der Waals surface area contributed by atoms with E-state index in [0.717, 1.165) is 35.9 Å². The summed E-state index contributed by atoms with van der Waals surface area (Å²) in [6.07, 6.45) is 7.04. The maximum atomic E-state index is 15.8. The molecule has 0 unspecified atom stereocenters. The topological polar surface area (TPSA) is 74.3 Å². The summed E-state index contributed by atoms with van der Waals surface area (Å²) in [4.78, 5) is 18.0. The van der Waals surface area contributed by atoms with E-state index in [1.807, 2.05) is 20.9 Å². The molecule has 0 bridgehead atoms. The number of hydrogen-bond acceptors (Lipinski definition) is 5. The van der Waals surface area contributed by atoms with Crippen molar-refractivity contribution < 1.29 is 4.39 Å². The molecule has 0 aromatic carbocycles. The minimum Gasteiger partial charge on any atom is -0.331 e. The predicted molar refractivity (Wildman–Crippen MR) is 106 cm³/mol. The second kappa shape index (κ2) is 6.30. The molecule has 3 heterocycles. The number of nitrogens with zero attached hydrogens (tertiary/aromatic N) is 7. The molecule has 3 aromatic heterocycles. The highest BCUT2D eigenvalue weighted by Crippen LogP contribution is 2.53. The highest BCUT2D eigenvalue weighted by molar-refractivity contribution is 5.52. The van der Waals surface area contributed by atoms with Crippen molar-refractivity contribution in [3.63, 3.8) is 0 Å². The fraction of sp³-hybridized carbons (Fsp3) is 0.476. The second-order valence-electron chi connectivity index (χ2n) is 8.15. The first kappa shape index (κ1) is 18.1. The zero-order valence-corrected chi connectivity index (χ0v) is 17.1. The number of aryl methyl sites for hydroxylation is 4. The molecule has 5 rings (SSSR count). The molecule has 2 aliphatic rings. The van der Waals surface area contributed by atoms with Crippen LogP contribution in [-0.2, 0) is 19.1 Å². The Hall–Kier alpha value is -2.90. The first-order chi connectivity index (χ1) is 13.8. The lowest BCUT2D eigenvalue weighted by molar-refractivity contribution is 0.0286. The molecule has 0 spiro atoms. The number of rotatable bonds is 3. The Bertz CT molecular complexity index is 1130. The second-order valence-corrected chi connectivity index (χ2v) is 8.15. The van der Waals surface area contributed by atoms with Gasteiger partial charge in [-0.25, -0.2) is 24.3 Å². The van der Waals surface area contributed by atoms with Crippen LogP contribution in [0.3, 0.4) is 0 Å². The van der Waals surface area contributed by atoms with Crippen LogP contribution >= 0.6 is 0 Å². The van der Waals surface area contributed by atoms with Gasteiger partial charge < -0.3 is 4.57 Å². The molecule has 150 valence electrons. The van der Waals surface area contributed by atoms with Crippen molar-refractivity contribution >= 4 is 6.08 Å². The monoisotopic (exact) mass is 393 g/mol. The van der Waals surface area contributed by atoms with Gasteiger partial charge in [0.05, 0.1) is 17.1 Å². The molecular weight excluding hydrogens is 369 g/mol. The van der Waals surface area contributed by atoms with E-state index in [1.165, 1.54) is 0 Å². The number of allylic oxidation sites excluding steroid dienone is 1. The van der Waals surface area contributed by atoms with Crippen molar-refractivity contribution in [1.82, 2.24) is 34.3 Å². The smallest absolute Gasteiger partial charge is 0.159 e. The van der Waals surface area contributed by atoms with Gasteiger partial charge in [-0.1, -0.05) is 6.08 Å². The molecule has 1 fully saturated rings. The Kier molecular flexibility index (Phi) is 3.94. The number of imidazole rings is 1. The SMILES string of the molecule is Cc1nc(-n2nc(C)nc2C)cc(C2(F)CC(c3nc4c(n3C)C=CCC4)C2)n1. The molecule has 3 aromatic rings. The van der Waals surface area contributed by atoms with Crippen LogP contribution in [0.5, 0.6) is 0 Å². The van der Waals surface area contributed by atoms with Gasteiger partial charge >= 0.3 is 0 Å². The maximum Gasteiger partial charge on any atom is 0.159 e. The summed E-state index contributed by atoms with van der Waals surface area (Å²) in [5.74, 6) is 3.54. The predicted octanol–water partition coefficient (Wildman–Crippen LogP) is 3.42. The summed E-state index contributed by atoms with van der Waals surface area (Å²) in [5.41, 5.74) is 1.22. The zero-order chi connectivity index (χ0) is 20.3. The molecule has 2 aliphatic carbocycles. The van der Waals surface area contributed by atoms with E-state index in [9.17, 15) is 0 Å². The van der Waals surface area contributed by atoms with Gasteiger partial charge in [0, 0.05) is 19.0 Å². The summed E-state index contributed by atoms with van der Waals surface area (Å²) < 4.78 is 19.5. The summed E-state index contributed by atoms with van der Waals surface area (Å²) in [7, 11) is 2.03. The molecule has 7 nitrogen and oxygen atoms in total. The third kappa shape index (κ3) is 2.89. The van der Waals surface area contributed by atoms with Crippen LogP contribution in [0.2, 0.25) is 0 Å². The number of fused-ring (bicyclic) bond motifs is 1. The number of halogens is 1. The van der Waals surface area contributed by atoms with Crippen molar-refractivity contribution in [2.45, 2.75) is 58.0 Å². The van der Waals surface area contributed by atoms with Gasteiger partial charge in [0.1, 0.15) is 23.3 Å². The average Bonchev–Trinajstić information content (AvgIpc) is 3.17. The molecule has 8 heteroatoms. The van der Waals surface area contributed by atoms with Crippen LogP contribution in [0.15, 0.2) is 12.1 Å². The number of aromatic nitrogens is 7. The third-order valence-corrected chi connectivity index (χ3v) is 5.95. The summed E-state index contributed by atoms with van der Waals surface area (Å²) in [5, 5.41) is 4.37. The van der Waals surface area contributed by atoms with E-state index in [0.29, 0.717) is 36.0 Å². The van der Waals surface area contributed by atoms with Crippen LogP contribution in [-0.4, -0.2) is 34.3 Å². The Morgan fingerprint density at radius 1 is 1.07 bits per heavy atom. The van der Waals surface area contributed by atoms with Crippen molar-refractivity contribution in [3.8, 4) is 5.82 Å². The Morgan fingerprint density at radius 3 is 2.55 bits per heavy atom. The van der Waals surface area contributed by atoms with Crippen LogP contribution in [0.4, 0.5) is 4.39 Å². The maximum absolute atomic E-state index is 15.8. The Morgan fingerprint density at radius 2 is 1.86 bits per heavy atom. The average molecular weight is 393 g/mol. The van der Waals surface area contributed by atoms with Crippen molar-refractivity contribution in [1.29, 1.82) is 0 Å². The highest BCUT2D eigenvalue weighted by Gasteiger charge is 2.50. The molecule has 0 saturated heterocycles. The molecule has 0 amide bonds. The largest absolute Gasteiger partial charge is 0.331 e. The van der Waals surface area contributed by atoms with Gasteiger partial charge in [-0.15, -0.1) is 5.10 Å². The Labute approximate surface area is 168 Å². The minimum absolute atomic E-state index is 0.0954. The van der Waals surface area contributed by atoms with Crippen LogP contribution in [0, 0.1) is 20.8 Å². The normalized spacial score (nSPS) is 23.1. The number of hydrogen-bond donors (Lipinski definition) is 0. The standard InChI is InChI=1S/C21H24FN7/c1-12-24-18(9-19(25-12)29-14(3)23-13(2)27-29)21(22)10-15(11-21)20-26-16-7-5-6-8-17(16)28(20)4/h6,8-9,15H,5,7,10-11H2,1-4H3. The van der Waals surface area contributed by atoms with Crippen LogP contribution < -0.4 is 0 Å². The molecule has 0 N–H and O–H groups in total. The molecule has 29 heavy (non-hydrogen) atoms. The van der Waals surface area contributed by atoms with Crippen molar-refractivity contribution in [3.05, 3.63) is 52.5 Å². The first-order valence-electron chi connectivity index (χ1n) is 10.0. The summed E-state index contributed by atoms with van der Waals surface area (Å²) in [6, 6.07) is 1.70. The lowest BCUT2D eigenvalue weighted by Gasteiger charge is -2.40. The van der Waals surface area contributed by atoms with Crippen LogP contribution in [0.25, 0.3) is 11.9 Å². The molecule has 0 aliphatic heterocycles.